The molecule has 2 amide bonds. The van der Waals surface area contributed by atoms with Gasteiger partial charge in [0, 0.05) is 32.5 Å². The van der Waals surface area contributed by atoms with Gasteiger partial charge in [-0.3, -0.25) is 14.5 Å². The zero-order chi connectivity index (χ0) is 21.4. The number of sulfonamides is 1. The zero-order valence-corrected chi connectivity index (χ0v) is 17.6. The van der Waals surface area contributed by atoms with E-state index in [2.05, 4.69) is 5.32 Å². The quantitative estimate of drug-likeness (QED) is 0.497. The second-order valence-electron chi connectivity index (χ2n) is 8.38. The highest BCUT2D eigenvalue weighted by atomic mass is 32.2. The highest BCUT2D eigenvalue weighted by Gasteiger charge is 2.44. The summed E-state index contributed by atoms with van der Waals surface area (Å²) in [5.74, 6) is 0.303. The first-order chi connectivity index (χ1) is 14.3. The number of hydrogen-bond acceptors (Lipinski definition) is 7. The standard InChI is InChI=1S/C20H27N3O6S/c21-30(26,27)16-5-3-4-15-19(16)28-13-14(29-15)12-22-8-9-23-17(24)10-20(11-18(23)25)6-1-2-7-20/h3-5,14,22H,1-2,6-13H2,(H2,21,26,27). The van der Waals surface area contributed by atoms with Gasteiger partial charge in [0.1, 0.15) is 17.6 Å². The Hall–Kier alpha value is -2.17. The van der Waals surface area contributed by atoms with Crippen LogP contribution in [0.25, 0.3) is 0 Å². The van der Waals surface area contributed by atoms with Crippen LogP contribution in [0.15, 0.2) is 23.1 Å². The SMILES string of the molecule is NS(=O)(=O)c1cccc2c1OCC(CNCCN1C(=O)CC3(CCCC3)CC1=O)O2. The van der Waals surface area contributed by atoms with E-state index in [0.717, 1.165) is 25.7 Å². The first kappa shape index (κ1) is 21.1. The Morgan fingerprint density at radius 3 is 2.53 bits per heavy atom. The summed E-state index contributed by atoms with van der Waals surface area (Å²) in [5, 5.41) is 8.40. The number of amides is 2. The van der Waals surface area contributed by atoms with E-state index in [1.807, 2.05) is 0 Å². The van der Waals surface area contributed by atoms with E-state index in [0.29, 0.717) is 38.2 Å². The summed E-state index contributed by atoms with van der Waals surface area (Å²) in [4.78, 5) is 26.2. The lowest BCUT2D eigenvalue weighted by Crippen LogP contribution is -2.50. The van der Waals surface area contributed by atoms with E-state index in [-0.39, 0.29) is 40.6 Å². The second kappa shape index (κ2) is 8.16. The van der Waals surface area contributed by atoms with Crippen molar-refractivity contribution in [2.45, 2.75) is 49.5 Å². The van der Waals surface area contributed by atoms with Crippen molar-refractivity contribution in [3.63, 3.8) is 0 Å². The van der Waals surface area contributed by atoms with Crippen LogP contribution in [0.4, 0.5) is 0 Å². The van der Waals surface area contributed by atoms with Gasteiger partial charge >= 0.3 is 0 Å². The molecule has 164 valence electrons. The summed E-state index contributed by atoms with van der Waals surface area (Å²) < 4.78 is 34.7. The number of nitrogens with two attached hydrogens (primary N) is 1. The number of para-hydroxylation sites is 1. The van der Waals surface area contributed by atoms with Crippen LogP contribution in [-0.2, 0) is 19.6 Å². The highest BCUT2D eigenvalue weighted by molar-refractivity contribution is 7.89. The number of imide groups is 1. The van der Waals surface area contributed by atoms with Crippen molar-refractivity contribution in [2.24, 2.45) is 10.6 Å². The summed E-state index contributed by atoms with van der Waals surface area (Å²) in [5.41, 5.74) is -0.0887. The van der Waals surface area contributed by atoms with E-state index in [1.54, 1.807) is 12.1 Å². The third-order valence-electron chi connectivity index (χ3n) is 6.16. The van der Waals surface area contributed by atoms with Crippen molar-refractivity contribution >= 4 is 21.8 Å². The predicted molar refractivity (Wildman–Crippen MR) is 107 cm³/mol. The number of nitrogens with one attached hydrogen (secondary N) is 1. The summed E-state index contributed by atoms with van der Waals surface area (Å²) in [7, 11) is -3.90. The third-order valence-corrected chi connectivity index (χ3v) is 7.09. The monoisotopic (exact) mass is 437 g/mol. The van der Waals surface area contributed by atoms with Crippen LogP contribution in [0.1, 0.15) is 38.5 Å². The number of carbonyl (C=O) groups excluding carboxylic acids is 2. The van der Waals surface area contributed by atoms with E-state index in [1.165, 1.54) is 11.0 Å². The Labute approximate surface area is 175 Å². The Morgan fingerprint density at radius 1 is 1.17 bits per heavy atom. The number of ether oxygens (including phenoxy) is 2. The molecule has 9 nitrogen and oxygen atoms in total. The van der Waals surface area contributed by atoms with Gasteiger partial charge in [-0.2, -0.15) is 0 Å². The van der Waals surface area contributed by atoms with E-state index >= 15 is 0 Å². The van der Waals surface area contributed by atoms with Crippen LogP contribution in [0.3, 0.4) is 0 Å². The molecular weight excluding hydrogens is 410 g/mol. The maximum Gasteiger partial charge on any atom is 0.241 e. The summed E-state index contributed by atoms with van der Waals surface area (Å²) in [6, 6.07) is 4.54. The molecule has 1 saturated heterocycles. The molecule has 3 aliphatic rings. The number of rotatable bonds is 6. The van der Waals surface area contributed by atoms with Crippen LogP contribution in [0, 0.1) is 5.41 Å². The molecule has 2 heterocycles. The van der Waals surface area contributed by atoms with Crippen LogP contribution in [-0.4, -0.2) is 57.5 Å². The Bertz CT molecular complexity index is 922. The molecule has 1 spiro atoms. The molecular formula is C20H27N3O6S. The number of primary sulfonamides is 1. The maximum absolute atomic E-state index is 12.5. The number of fused-ring (bicyclic) bond motifs is 1. The van der Waals surface area contributed by atoms with E-state index in [4.69, 9.17) is 14.6 Å². The van der Waals surface area contributed by atoms with Gasteiger partial charge in [0.25, 0.3) is 0 Å². The number of piperidine rings is 1. The van der Waals surface area contributed by atoms with Gasteiger partial charge in [-0.25, -0.2) is 13.6 Å². The average Bonchev–Trinajstić information content (AvgIpc) is 3.12. The van der Waals surface area contributed by atoms with Crippen molar-refractivity contribution in [1.29, 1.82) is 0 Å². The topological polar surface area (TPSA) is 128 Å². The minimum Gasteiger partial charge on any atom is -0.484 e. The van der Waals surface area contributed by atoms with Crippen LogP contribution >= 0.6 is 0 Å². The number of carbonyl (C=O) groups is 2. The number of nitrogens with zero attached hydrogens (tertiary/aromatic N) is 1. The van der Waals surface area contributed by atoms with Gasteiger partial charge in [-0.15, -0.1) is 0 Å². The Morgan fingerprint density at radius 2 is 1.87 bits per heavy atom. The summed E-state index contributed by atoms with van der Waals surface area (Å²) in [6.45, 7) is 1.37. The van der Waals surface area contributed by atoms with Gasteiger partial charge in [0.05, 0.1) is 0 Å². The molecule has 1 aliphatic carbocycles. The molecule has 0 aromatic heterocycles. The van der Waals surface area contributed by atoms with Gasteiger partial charge in [0.2, 0.25) is 21.8 Å². The highest BCUT2D eigenvalue weighted by Crippen LogP contribution is 2.46. The normalized spacial score (nSPS) is 23.2. The van der Waals surface area contributed by atoms with Crippen LogP contribution < -0.4 is 19.9 Å². The van der Waals surface area contributed by atoms with Gasteiger partial charge in [0.15, 0.2) is 11.5 Å². The number of likely N-dealkylation sites (tertiary alicyclic amines) is 1. The molecule has 0 bridgehead atoms. The fourth-order valence-electron chi connectivity index (χ4n) is 4.66. The van der Waals surface area contributed by atoms with Crippen molar-refractivity contribution < 1.29 is 27.5 Å². The smallest absolute Gasteiger partial charge is 0.241 e. The third kappa shape index (κ3) is 4.30. The molecule has 2 aliphatic heterocycles. The lowest BCUT2D eigenvalue weighted by Gasteiger charge is -2.37. The van der Waals surface area contributed by atoms with Crippen molar-refractivity contribution in [3.05, 3.63) is 18.2 Å². The molecule has 2 fully saturated rings. The molecule has 1 aromatic rings. The molecule has 0 radical (unpaired) electrons. The lowest BCUT2D eigenvalue weighted by atomic mass is 9.76. The molecule has 1 saturated carbocycles. The van der Waals surface area contributed by atoms with Crippen LogP contribution in [0.2, 0.25) is 0 Å². The molecule has 30 heavy (non-hydrogen) atoms. The molecule has 1 atom stereocenters. The van der Waals surface area contributed by atoms with E-state index in [9.17, 15) is 18.0 Å². The zero-order valence-electron chi connectivity index (χ0n) is 16.8. The lowest BCUT2D eigenvalue weighted by molar-refractivity contribution is -0.153. The second-order valence-corrected chi connectivity index (χ2v) is 9.91. The predicted octanol–water partition coefficient (Wildman–Crippen LogP) is 0.773. The van der Waals surface area contributed by atoms with Crippen molar-refractivity contribution in [3.8, 4) is 11.5 Å². The number of benzene rings is 1. The largest absolute Gasteiger partial charge is 0.484 e. The first-order valence-corrected chi connectivity index (χ1v) is 11.8. The van der Waals surface area contributed by atoms with E-state index < -0.39 is 10.0 Å². The molecule has 3 N–H and O–H groups in total. The molecule has 4 rings (SSSR count). The van der Waals surface area contributed by atoms with Crippen LogP contribution in [0.5, 0.6) is 11.5 Å². The summed E-state index contributed by atoms with van der Waals surface area (Å²) >= 11 is 0. The molecule has 1 aromatic carbocycles. The summed E-state index contributed by atoms with van der Waals surface area (Å²) in [6.07, 6.45) is 4.78. The minimum atomic E-state index is -3.90. The molecule has 1 unspecified atom stereocenters. The first-order valence-electron chi connectivity index (χ1n) is 10.3. The fourth-order valence-corrected chi connectivity index (χ4v) is 5.35. The van der Waals surface area contributed by atoms with Crippen molar-refractivity contribution in [2.75, 3.05) is 26.2 Å². The van der Waals surface area contributed by atoms with Gasteiger partial charge in [-0.05, 0) is 30.4 Å². The van der Waals surface area contributed by atoms with Gasteiger partial charge < -0.3 is 14.8 Å². The minimum absolute atomic E-state index is 0.0725. The maximum atomic E-state index is 12.5. The van der Waals surface area contributed by atoms with Crippen molar-refractivity contribution in [1.82, 2.24) is 10.2 Å². The molecule has 10 heteroatoms. The Kier molecular flexibility index (Phi) is 5.73. The average molecular weight is 438 g/mol. The fraction of sp³-hybridized carbons (Fsp3) is 0.600. The number of hydrogen-bond donors (Lipinski definition) is 2. The Balaban J connectivity index is 1.26. The van der Waals surface area contributed by atoms with Gasteiger partial charge in [-0.1, -0.05) is 18.9 Å².